The van der Waals surface area contributed by atoms with E-state index < -0.39 is 17.2 Å². The Hall–Kier alpha value is -1.00. The van der Waals surface area contributed by atoms with E-state index in [1.54, 1.807) is 0 Å². The van der Waals surface area contributed by atoms with Crippen molar-refractivity contribution < 1.29 is 13.9 Å². The third kappa shape index (κ3) is 3.76. The van der Waals surface area contributed by atoms with Gasteiger partial charge in [0, 0.05) is 19.0 Å². The lowest BCUT2D eigenvalue weighted by Gasteiger charge is -2.28. The Balaban J connectivity index is 2.09. The summed E-state index contributed by atoms with van der Waals surface area (Å²) in [7, 11) is 0. The molecule has 1 fully saturated rings. The molecule has 1 saturated heterocycles. The second kappa shape index (κ2) is 6.19. The summed E-state index contributed by atoms with van der Waals surface area (Å²) in [6, 6.07) is 3.88. The Labute approximate surface area is 119 Å². The zero-order chi connectivity index (χ0) is 14.8. The van der Waals surface area contributed by atoms with Crippen molar-refractivity contribution in [3.63, 3.8) is 0 Å². The van der Waals surface area contributed by atoms with Gasteiger partial charge in [0.15, 0.2) is 0 Å². The second-order valence-electron chi connectivity index (χ2n) is 6.12. The molecule has 4 heteroatoms. The molecule has 1 N–H and O–H groups in total. The zero-order valence-corrected chi connectivity index (χ0v) is 12.2. The molecule has 0 spiro atoms. The van der Waals surface area contributed by atoms with Gasteiger partial charge < -0.3 is 10.0 Å². The molecule has 1 heterocycles. The molecule has 20 heavy (non-hydrogen) atoms. The van der Waals surface area contributed by atoms with Crippen LogP contribution in [0.4, 0.5) is 8.78 Å². The average Bonchev–Trinajstić information content (AvgIpc) is 2.56. The molecule has 1 unspecified atom stereocenters. The van der Waals surface area contributed by atoms with Crippen LogP contribution in [0.15, 0.2) is 18.2 Å². The predicted molar refractivity (Wildman–Crippen MR) is 75.6 cm³/mol. The summed E-state index contributed by atoms with van der Waals surface area (Å²) in [5, 5.41) is 10.7. The van der Waals surface area contributed by atoms with Gasteiger partial charge in [0.05, 0.1) is 5.60 Å². The summed E-state index contributed by atoms with van der Waals surface area (Å²) in [6.07, 6.45) is 2.29. The van der Waals surface area contributed by atoms with E-state index in [1.807, 2.05) is 0 Å². The van der Waals surface area contributed by atoms with Crippen molar-refractivity contribution in [2.75, 3.05) is 13.1 Å². The third-order valence-electron chi connectivity index (χ3n) is 4.21. The van der Waals surface area contributed by atoms with Crippen LogP contribution in [-0.2, 0) is 6.42 Å². The highest BCUT2D eigenvalue weighted by Crippen LogP contribution is 2.28. The van der Waals surface area contributed by atoms with E-state index in [0.29, 0.717) is 18.9 Å². The quantitative estimate of drug-likeness (QED) is 0.921. The van der Waals surface area contributed by atoms with Gasteiger partial charge in [-0.3, -0.25) is 0 Å². The van der Waals surface area contributed by atoms with Gasteiger partial charge in [0.1, 0.15) is 11.6 Å². The highest BCUT2D eigenvalue weighted by Gasteiger charge is 2.31. The summed E-state index contributed by atoms with van der Waals surface area (Å²) >= 11 is 0. The van der Waals surface area contributed by atoms with E-state index in [4.69, 9.17) is 0 Å². The van der Waals surface area contributed by atoms with Gasteiger partial charge in [-0.2, -0.15) is 0 Å². The molecule has 0 aliphatic carbocycles. The molecule has 1 aromatic rings. The highest BCUT2D eigenvalue weighted by molar-refractivity contribution is 5.21. The minimum absolute atomic E-state index is 0.183. The first-order chi connectivity index (χ1) is 9.39. The lowest BCUT2D eigenvalue weighted by atomic mass is 9.87. The first kappa shape index (κ1) is 15.4. The van der Waals surface area contributed by atoms with Crippen molar-refractivity contribution in [3.05, 3.63) is 35.4 Å². The molecule has 112 valence electrons. The van der Waals surface area contributed by atoms with Crippen molar-refractivity contribution in [1.29, 1.82) is 0 Å². The first-order valence-corrected chi connectivity index (χ1v) is 7.30. The topological polar surface area (TPSA) is 23.5 Å². The van der Waals surface area contributed by atoms with Crippen LogP contribution in [0.25, 0.3) is 0 Å². The van der Waals surface area contributed by atoms with E-state index in [-0.39, 0.29) is 12.0 Å². The second-order valence-corrected chi connectivity index (χ2v) is 6.12. The predicted octanol–water partition coefficient (Wildman–Crippen LogP) is 3.13. The van der Waals surface area contributed by atoms with Crippen molar-refractivity contribution >= 4 is 0 Å². The van der Waals surface area contributed by atoms with E-state index in [0.717, 1.165) is 31.6 Å². The minimum atomic E-state index is -0.932. The number of hydrogen-bond donors (Lipinski definition) is 1. The standard InChI is InChI=1S/C16H23F2NO/c1-12(2)19-8-3-6-16(20,7-9-19)11-13-10-14(17)4-5-15(13)18/h4-5,10,12,20H,3,6-9,11H2,1-2H3. The Morgan fingerprint density at radius 2 is 2.00 bits per heavy atom. The van der Waals surface area contributed by atoms with Crippen LogP contribution in [0, 0.1) is 11.6 Å². The van der Waals surface area contributed by atoms with Gasteiger partial charge in [-0.15, -0.1) is 0 Å². The number of hydrogen-bond acceptors (Lipinski definition) is 2. The lowest BCUT2D eigenvalue weighted by molar-refractivity contribution is 0.0240. The van der Waals surface area contributed by atoms with Gasteiger partial charge in [-0.25, -0.2) is 8.78 Å². The molecular formula is C16H23F2NO. The fourth-order valence-electron chi connectivity index (χ4n) is 2.93. The molecule has 0 aromatic heterocycles. The Morgan fingerprint density at radius 1 is 1.25 bits per heavy atom. The van der Waals surface area contributed by atoms with Crippen LogP contribution in [0.3, 0.4) is 0 Å². The van der Waals surface area contributed by atoms with Crippen LogP contribution in [-0.4, -0.2) is 34.7 Å². The lowest BCUT2D eigenvalue weighted by Crippen LogP contribution is -2.35. The maximum Gasteiger partial charge on any atom is 0.126 e. The molecule has 0 radical (unpaired) electrons. The van der Waals surface area contributed by atoms with E-state index >= 15 is 0 Å². The van der Waals surface area contributed by atoms with E-state index in [1.165, 1.54) is 6.07 Å². The van der Waals surface area contributed by atoms with Crippen LogP contribution in [0.5, 0.6) is 0 Å². The number of benzene rings is 1. The van der Waals surface area contributed by atoms with Crippen molar-refractivity contribution in [3.8, 4) is 0 Å². The van der Waals surface area contributed by atoms with Crippen LogP contribution in [0.1, 0.15) is 38.7 Å². The van der Waals surface area contributed by atoms with Crippen LogP contribution >= 0.6 is 0 Å². The van der Waals surface area contributed by atoms with E-state index in [9.17, 15) is 13.9 Å². The van der Waals surface area contributed by atoms with Crippen LogP contribution < -0.4 is 0 Å². The number of likely N-dealkylation sites (tertiary alicyclic amines) is 1. The van der Waals surface area contributed by atoms with Gasteiger partial charge in [-0.05, 0) is 63.4 Å². The fraction of sp³-hybridized carbons (Fsp3) is 0.625. The fourth-order valence-corrected chi connectivity index (χ4v) is 2.93. The number of nitrogens with zero attached hydrogens (tertiary/aromatic N) is 1. The third-order valence-corrected chi connectivity index (χ3v) is 4.21. The van der Waals surface area contributed by atoms with Crippen molar-refractivity contribution in [2.24, 2.45) is 0 Å². The van der Waals surface area contributed by atoms with Crippen molar-refractivity contribution in [2.45, 2.75) is 51.2 Å². The Bertz CT molecular complexity index is 464. The molecule has 1 atom stereocenters. The highest BCUT2D eigenvalue weighted by atomic mass is 19.1. The molecule has 1 aliphatic heterocycles. The molecule has 0 saturated carbocycles. The first-order valence-electron chi connectivity index (χ1n) is 7.30. The van der Waals surface area contributed by atoms with Gasteiger partial charge in [0.2, 0.25) is 0 Å². The maximum atomic E-state index is 13.7. The maximum absolute atomic E-state index is 13.7. The minimum Gasteiger partial charge on any atom is -0.389 e. The largest absolute Gasteiger partial charge is 0.389 e. The molecular weight excluding hydrogens is 260 g/mol. The number of aliphatic hydroxyl groups is 1. The summed E-state index contributed by atoms with van der Waals surface area (Å²) in [4.78, 5) is 2.32. The summed E-state index contributed by atoms with van der Waals surface area (Å²) in [6.45, 7) is 6.02. The summed E-state index contributed by atoms with van der Waals surface area (Å²) in [5.41, 5.74) is -0.663. The molecule has 0 bridgehead atoms. The molecule has 1 aromatic carbocycles. The summed E-state index contributed by atoms with van der Waals surface area (Å²) in [5.74, 6) is -0.896. The normalized spacial score (nSPS) is 24.9. The summed E-state index contributed by atoms with van der Waals surface area (Å²) < 4.78 is 26.9. The van der Waals surface area contributed by atoms with Gasteiger partial charge >= 0.3 is 0 Å². The number of rotatable bonds is 3. The molecule has 2 rings (SSSR count). The van der Waals surface area contributed by atoms with Crippen LogP contribution in [0.2, 0.25) is 0 Å². The average molecular weight is 283 g/mol. The molecule has 0 amide bonds. The van der Waals surface area contributed by atoms with Gasteiger partial charge in [-0.1, -0.05) is 0 Å². The van der Waals surface area contributed by atoms with Gasteiger partial charge in [0.25, 0.3) is 0 Å². The SMILES string of the molecule is CC(C)N1CCCC(O)(Cc2cc(F)ccc2F)CC1. The molecule has 2 nitrogen and oxygen atoms in total. The Kier molecular flexibility index (Phi) is 4.76. The number of halogens is 2. The van der Waals surface area contributed by atoms with Crippen molar-refractivity contribution in [1.82, 2.24) is 4.90 Å². The Morgan fingerprint density at radius 3 is 2.70 bits per heavy atom. The molecule has 1 aliphatic rings. The smallest absolute Gasteiger partial charge is 0.126 e. The monoisotopic (exact) mass is 283 g/mol. The van der Waals surface area contributed by atoms with E-state index in [2.05, 4.69) is 18.7 Å². The zero-order valence-electron chi connectivity index (χ0n) is 12.2.